The van der Waals surface area contributed by atoms with Crippen LogP contribution in [0.5, 0.6) is 0 Å². The zero-order valence-corrected chi connectivity index (χ0v) is 13.2. The van der Waals surface area contributed by atoms with E-state index in [9.17, 15) is 14.4 Å². The molecule has 0 unspecified atom stereocenters. The summed E-state index contributed by atoms with van der Waals surface area (Å²) < 4.78 is 0. The molecule has 0 saturated carbocycles. The largest absolute Gasteiger partial charge is 0.369 e. The molecule has 120 valence electrons. The van der Waals surface area contributed by atoms with Crippen LogP contribution in [0.25, 0.3) is 0 Å². The second-order valence-electron chi connectivity index (χ2n) is 5.41. The Bertz CT molecular complexity index is 578. The van der Waals surface area contributed by atoms with Crippen LogP contribution >= 0.6 is 11.3 Å². The second-order valence-corrected chi connectivity index (χ2v) is 6.32. The SMILES string of the molecule is C[C@H](C(=O)Nc1sccc1C(N)=O)N1CCC(C(N)=O)CC1. The molecule has 1 aliphatic heterocycles. The van der Waals surface area contributed by atoms with E-state index in [2.05, 4.69) is 5.32 Å². The van der Waals surface area contributed by atoms with Gasteiger partial charge in [0.1, 0.15) is 5.00 Å². The number of hydrogen-bond donors (Lipinski definition) is 3. The van der Waals surface area contributed by atoms with E-state index in [0.717, 1.165) is 0 Å². The number of amides is 3. The number of rotatable bonds is 5. The molecule has 22 heavy (non-hydrogen) atoms. The summed E-state index contributed by atoms with van der Waals surface area (Å²) in [6.45, 7) is 3.10. The molecule has 0 bridgehead atoms. The van der Waals surface area contributed by atoms with Gasteiger partial charge in [0.15, 0.2) is 0 Å². The Kier molecular flexibility index (Phi) is 5.15. The van der Waals surface area contributed by atoms with Crippen molar-refractivity contribution in [3.8, 4) is 0 Å². The fraction of sp³-hybridized carbons (Fsp3) is 0.500. The van der Waals surface area contributed by atoms with Crippen LogP contribution in [0.1, 0.15) is 30.1 Å². The normalized spacial score (nSPS) is 17.9. The summed E-state index contributed by atoms with van der Waals surface area (Å²) in [6, 6.07) is 1.24. The van der Waals surface area contributed by atoms with E-state index in [1.54, 1.807) is 18.4 Å². The zero-order chi connectivity index (χ0) is 16.3. The first-order valence-electron chi connectivity index (χ1n) is 7.11. The van der Waals surface area contributed by atoms with Gasteiger partial charge >= 0.3 is 0 Å². The molecule has 2 heterocycles. The summed E-state index contributed by atoms with van der Waals surface area (Å²) in [5.41, 5.74) is 10.9. The van der Waals surface area contributed by atoms with Crippen molar-refractivity contribution >= 4 is 34.1 Å². The molecule has 0 aromatic carbocycles. The Morgan fingerprint density at radius 2 is 1.95 bits per heavy atom. The predicted molar refractivity (Wildman–Crippen MR) is 84.4 cm³/mol. The van der Waals surface area contributed by atoms with Gasteiger partial charge in [-0.2, -0.15) is 0 Å². The topological polar surface area (TPSA) is 119 Å². The lowest BCUT2D eigenvalue weighted by Gasteiger charge is -2.34. The van der Waals surface area contributed by atoms with Gasteiger partial charge in [0, 0.05) is 5.92 Å². The fourth-order valence-corrected chi connectivity index (χ4v) is 3.35. The van der Waals surface area contributed by atoms with Gasteiger partial charge in [0.25, 0.3) is 5.91 Å². The van der Waals surface area contributed by atoms with Crippen molar-refractivity contribution in [2.24, 2.45) is 17.4 Å². The van der Waals surface area contributed by atoms with Crippen LogP contribution in [0, 0.1) is 5.92 Å². The van der Waals surface area contributed by atoms with Gasteiger partial charge in [-0.3, -0.25) is 19.3 Å². The molecule has 5 N–H and O–H groups in total. The summed E-state index contributed by atoms with van der Waals surface area (Å²) >= 11 is 1.26. The van der Waals surface area contributed by atoms with Gasteiger partial charge in [-0.25, -0.2) is 0 Å². The molecule has 8 heteroatoms. The van der Waals surface area contributed by atoms with Crippen molar-refractivity contribution in [3.05, 3.63) is 17.0 Å². The minimum Gasteiger partial charge on any atom is -0.369 e. The van der Waals surface area contributed by atoms with E-state index in [1.165, 1.54) is 11.3 Å². The second kappa shape index (κ2) is 6.89. The first-order chi connectivity index (χ1) is 10.4. The van der Waals surface area contributed by atoms with E-state index >= 15 is 0 Å². The van der Waals surface area contributed by atoms with E-state index in [0.29, 0.717) is 36.5 Å². The lowest BCUT2D eigenvalue weighted by atomic mass is 9.95. The van der Waals surface area contributed by atoms with Gasteiger partial charge in [-0.15, -0.1) is 11.3 Å². The lowest BCUT2D eigenvalue weighted by molar-refractivity contribution is -0.124. The molecule has 3 amide bonds. The average Bonchev–Trinajstić information content (AvgIpc) is 2.94. The third-order valence-electron chi connectivity index (χ3n) is 4.03. The molecule has 2 rings (SSSR count). The van der Waals surface area contributed by atoms with E-state index in [1.807, 2.05) is 4.90 Å². The van der Waals surface area contributed by atoms with Crippen molar-refractivity contribution in [1.82, 2.24) is 4.90 Å². The maximum atomic E-state index is 12.3. The molecule has 0 spiro atoms. The Morgan fingerprint density at radius 1 is 1.32 bits per heavy atom. The number of hydrogen-bond acceptors (Lipinski definition) is 5. The molecule has 0 radical (unpaired) electrons. The Hall–Kier alpha value is -1.93. The molecule has 1 aliphatic rings. The van der Waals surface area contributed by atoms with Crippen molar-refractivity contribution in [3.63, 3.8) is 0 Å². The molecular weight excluding hydrogens is 304 g/mol. The van der Waals surface area contributed by atoms with Gasteiger partial charge in [0.05, 0.1) is 11.6 Å². The number of anilines is 1. The monoisotopic (exact) mass is 324 g/mol. The van der Waals surface area contributed by atoms with Crippen molar-refractivity contribution in [2.75, 3.05) is 18.4 Å². The number of carbonyl (C=O) groups excluding carboxylic acids is 3. The molecular formula is C14H20N4O3S. The number of nitrogens with two attached hydrogens (primary N) is 2. The van der Waals surface area contributed by atoms with Gasteiger partial charge in [-0.05, 0) is 44.3 Å². The molecule has 1 atom stereocenters. The lowest BCUT2D eigenvalue weighted by Crippen LogP contribution is -2.47. The van der Waals surface area contributed by atoms with E-state index in [-0.39, 0.29) is 23.8 Å². The molecule has 1 saturated heterocycles. The molecule has 1 aromatic heterocycles. The highest BCUT2D eigenvalue weighted by Crippen LogP contribution is 2.24. The van der Waals surface area contributed by atoms with Crippen LogP contribution in [0.3, 0.4) is 0 Å². The quantitative estimate of drug-likeness (QED) is 0.725. The van der Waals surface area contributed by atoms with E-state index < -0.39 is 5.91 Å². The minimum atomic E-state index is -0.563. The number of piperidine rings is 1. The van der Waals surface area contributed by atoms with Gasteiger partial charge < -0.3 is 16.8 Å². The third kappa shape index (κ3) is 3.63. The maximum Gasteiger partial charge on any atom is 0.251 e. The smallest absolute Gasteiger partial charge is 0.251 e. The van der Waals surface area contributed by atoms with Crippen molar-refractivity contribution in [1.29, 1.82) is 0 Å². The van der Waals surface area contributed by atoms with Crippen molar-refractivity contribution in [2.45, 2.75) is 25.8 Å². The third-order valence-corrected chi connectivity index (χ3v) is 4.86. The van der Waals surface area contributed by atoms with Crippen LogP contribution in [-0.2, 0) is 9.59 Å². The minimum absolute atomic E-state index is 0.106. The average molecular weight is 324 g/mol. The molecule has 7 nitrogen and oxygen atoms in total. The van der Waals surface area contributed by atoms with Gasteiger partial charge in [0.2, 0.25) is 11.8 Å². The highest BCUT2D eigenvalue weighted by molar-refractivity contribution is 7.14. The highest BCUT2D eigenvalue weighted by Gasteiger charge is 2.29. The number of nitrogens with one attached hydrogen (secondary N) is 1. The predicted octanol–water partition coefficient (Wildman–Crippen LogP) is 0.371. The standard InChI is InChI=1S/C14H20N4O3S/c1-8(18-5-2-9(3-6-18)11(15)19)13(21)17-14-10(12(16)20)4-7-22-14/h4,7-9H,2-3,5-6H2,1H3,(H2,15,19)(H2,16,20)(H,17,21)/t8-/m1/s1. The summed E-state index contributed by atoms with van der Waals surface area (Å²) in [5.74, 6) is -1.14. The number of primary amides is 2. The number of nitrogens with zero attached hydrogens (tertiary/aromatic N) is 1. The van der Waals surface area contributed by atoms with Crippen molar-refractivity contribution < 1.29 is 14.4 Å². The van der Waals surface area contributed by atoms with Crippen LogP contribution in [0.15, 0.2) is 11.4 Å². The van der Waals surface area contributed by atoms with Crippen LogP contribution in [-0.4, -0.2) is 41.8 Å². The van der Waals surface area contributed by atoms with E-state index in [4.69, 9.17) is 11.5 Å². The zero-order valence-electron chi connectivity index (χ0n) is 12.4. The Morgan fingerprint density at radius 3 is 2.50 bits per heavy atom. The first-order valence-corrected chi connectivity index (χ1v) is 7.99. The summed E-state index contributed by atoms with van der Waals surface area (Å²) in [4.78, 5) is 36.7. The Labute approximate surface area is 132 Å². The van der Waals surface area contributed by atoms with Gasteiger partial charge in [-0.1, -0.05) is 0 Å². The summed E-state index contributed by atoms with van der Waals surface area (Å²) in [5, 5.41) is 4.92. The number of thiophene rings is 1. The Balaban J connectivity index is 1.94. The van der Waals surface area contributed by atoms with Crippen LogP contribution < -0.4 is 16.8 Å². The summed E-state index contributed by atoms with van der Waals surface area (Å²) in [7, 11) is 0. The highest BCUT2D eigenvalue weighted by atomic mass is 32.1. The summed E-state index contributed by atoms with van der Waals surface area (Å²) in [6.07, 6.45) is 1.33. The number of likely N-dealkylation sites (tertiary alicyclic amines) is 1. The van der Waals surface area contributed by atoms with Crippen LogP contribution in [0.2, 0.25) is 0 Å². The molecule has 1 aromatic rings. The first kappa shape index (κ1) is 16.4. The van der Waals surface area contributed by atoms with Crippen LogP contribution in [0.4, 0.5) is 5.00 Å². The molecule has 0 aliphatic carbocycles. The number of carbonyl (C=O) groups is 3. The fourth-order valence-electron chi connectivity index (χ4n) is 2.55. The molecule has 1 fully saturated rings. The maximum absolute atomic E-state index is 12.3.